The van der Waals surface area contributed by atoms with Gasteiger partial charge in [-0.05, 0) is 68.6 Å². The normalized spacial score (nSPS) is 48.1. The molecule has 0 aliphatic heterocycles. The van der Waals surface area contributed by atoms with Crippen LogP contribution in [-0.2, 0) is 0 Å². The highest BCUT2D eigenvalue weighted by Gasteiger charge is 2.54. The fourth-order valence-electron chi connectivity index (χ4n) is 6.49. The van der Waals surface area contributed by atoms with E-state index in [4.69, 9.17) is 0 Å². The number of nitrogens with zero attached hydrogens (tertiary/aromatic N) is 2. The Morgan fingerprint density at radius 2 is 1.81 bits per heavy atom. The topological polar surface area (TPSA) is 29.9 Å². The minimum absolute atomic E-state index is 0.644. The second-order valence-electron chi connectivity index (χ2n) is 8.04. The van der Waals surface area contributed by atoms with Crippen LogP contribution in [0.1, 0.15) is 57.4 Å². The molecule has 1 aromatic rings. The van der Waals surface area contributed by atoms with Crippen molar-refractivity contribution in [1.82, 2.24) is 14.9 Å². The van der Waals surface area contributed by atoms with Crippen molar-refractivity contribution in [2.24, 2.45) is 23.7 Å². The van der Waals surface area contributed by atoms with E-state index >= 15 is 0 Å². The zero-order valence-electron chi connectivity index (χ0n) is 12.8. The lowest BCUT2D eigenvalue weighted by Gasteiger charge is -2.35. The van der Waals surface area contributed by atoms with Crippen molar-refractivity contribution in [3.05, 3.63) is 18.7 Å². The average molecular weight is 285 g/mol. The molecule has 3 nitrogen and oxygen atoms in total. The second kappa shape index (κ2) is 4.84. The number of nitrogens with one attached hydrogen (secondary N) is 1. The van der Waals surface area contributed by atoms with Crippen LogP contribution in [0.25, 0.3) is 0 Å². The maximum atomic E-state index is 4.25. The Kier molecular flexibility index (Phi) is 2.92. The highest BCUT2D eigenvalue weighted by atomic mass is 15.1. The first-order chi connectivity index (χ1) is 10.4. The van der Waals surface area contributed by atoms with Gasteiger partial charge in [0.05, 0.1) is 6.33 Å². The molecule has 0 aromatic carbocycles. The van der Waals surface area contributed by atoms with E-state index in [1.165, 1.54) is 44.9 Å². The summed E-state index contributed by atoms with van der Waals surface area (Å²) in [5.74, 6) is 4.26. The van der Waals surface area contributed by atoms with Gasteiger partial charge in [-0.3, -0.25) is 0 Å². The Bertz CT molecular complexity index is 497. The van der Waals surface area contributed by atoms with Crippen LogP contribution in [0.5, 0.6) is 0 Å². The van der Waals surface area contributed by atoms with Crippen molar-refractivity contribution in [1.29, 1.82) is 0 Å². The molecule has 0 spiro atoms. The van der Waals surface area contributed by atoms with Gasteiger partial charge in [-0.1, -0.05) is 6.42 Å². The fourth-order valence-corrected chi connectivity index (χ4v) is 6.49. The molecule has 4 fully saturated rings. The molecular formula is C18H27N3. The third-order valence-corrected chi connectivity index (χ3v) is 7.24. The molecule has 1 N–H and O–H groups in total. The van der Waals surface area contributed by atoms with Gasteiger partial charge in [-0.15, -0.1) is 0 Å². The third-order valence-electron chi connectivity index (χ3n) is 7.24. The average Bonchev–Trinajstić information content (AvgIpc) is 3.28. The second-order valence-corrected chi connectivity index (χ2v) is 8.04. The van der Waals surface area contributed by atoms with Gasteiger partial charge in [0.1, 0.15) is 0 Å². The summed E-state index contributed by atoms with van der Waals surface area (Å²) < 4.78 is 2.34. The van der Waals surface area contributed by atoms with Crippen molar-refractivity contribution in [2.45, 2.75) is 69.5 Å². The summed E-state index contributed by atoms with van der Waals surface area (Å²) >= 11 is 0. The molecule has 0 radical (unpaired) electrons. The molecule has 1 heterocycles. The van der Waals surface area contributed by atoms with Crippen LogP contribution < -0.4 is 5.32 Å². The summed E-state index contributed by atoms with van der Waals surface area (Å²) in [6.07, 6.45) is 17.7. The Morgan fingerprint density at radius 3 is 2.71 bits per heavy atom. The van der Waals surface area contributed by atoms with Gasteiger partial charge in [-0.25, -0.2) is 4.98 Å². The van der Waals surface area contributed by atoms with Gasteiger partial charge in [0.2, 0.25) is 0 Å². The summed E-state index contributed by atoms with van der Waals surface area (Å²) in [6, 6.07) is 2.15. The predicted octanol–water partition coefficient (Wildman–Crippen LogP) is 3.39. The highest BCUT2D eigenvalue weighted by Crippen LogP contribution is 2.58. The van der Waals surface area contributed by atoms with Gasteiger partial charge in [0, 0.05) is 30.5 Å². The van der Waals surface area contributed by atoms with Crippen LogP contribution in [0, 0.1) is 23.7 Å². The van der Waals surface area contributed by atoms with Crippen molar-refractivity contribution in [3.8, 4) is 0 Å². The Balaban J connectivity index is 1.30. The number of hydrogen-bond acceptors (Lipinski definition) is 2. The third kappa shape index (κ3) is 1.93. The molecule has 3 heteroatoms. The lowest BCUT2D eigenvalue weighted by Crippen LogP contribution is -2.46. The predicted molar refractivity (Wildman–Crippen MR) is 82.9 cm³/mol. The van der Waals surface area contributed by atoms with Crippen LogP contribution in [0.4, 0.5) is 0 Å². The maximum absolute atomic E-state index is 4.25. The Labute approximate surface area is 127 Å². The van der Waals surface area contributed by atoms with E-state index in [2.05, 4.69) is 21.1 Å². The van der Waals surface area contributed by atoms with Crippen LogP contribution in [0.3, 0.4) is 0 Å². The first-order valence-corrected chi connectivity index (χ1v) is 9.13. The summed E-state index contributed by atoms with van der Waals surface area (Å²) in [6.45, 7) is 0. The Hall–Kier alpha value is -0.830. The molecule has 21 heavy (non-hydrogen) atoms. The number of aromatic nitrogens is 2. The quantitative estimate of drug-likeness (QED) is 0.922. The molecule has 0 amide bonds. The van der Waals surface area contributed by atoms with E-state index in [1.807, 2.05) is 12.5 Å². The first-order valence-electron chi connectivity index (χ1n) is 9.13. The van der Waals surface area contributed by atoms with Crippen molar-refractivity contribution < 1.29 is 0 Å². The standard InChI is InChI=1S/C18H27N3/c1-3-13-12-9-15(14(13)4-1)17(10-12)20-16-5-2-6-18(16)21-8-7-19-11-21/h7-8,11-18,20H,1-6,9-10H2. The summed E-state index contributed by atoms with van der Waals surface area (Å²) in [5, 5.41) is 4.11. The molecular weight excluding hydrogens is 258 g/mol. The molecule has 114 valence electrons. The van der Waals surface area contributed by atoms with E-state index in [0.717, 1.165) is 29.7 Å². The first kappa shape index (κ1) is 12.7. The van der Waals surface area contributed by atoms with Crippen LogP contribution in [0.15, 0.2) is 18.7 Å². The largest absolute Gasteiger partial charge is 0.333 e. The van der Waals surface area contributed by atoms with Crippen molar-refractivity contribution >= 4 is 0 Å². The number of rotatable bonds is 3. The molecule has 0 saturated heterocycles. The molecule has 7 unspecified atom stereocenters. The minimum Gasteiger partial charge on any atom is -0.333 e. The summed E-state index contributed by atoms with van der Waals surface area (Å²) in [7, 11) is 0. The SMILES string of the molecule is c1cn(C2CCCC2NC2CC3CC2C2CCCC32)cn1. The van der Waals surface area contributed by atoms with E-state index < -0.39 is 0 Å². The smallest absolute Gasteiger partial charge is 0.0949 e. The monoisotopic (exact) mass is 285 g/mol. The van der Waals surface area contributed by atoms with E-state index in [9.17, 15) is 0 Å². The van der Waals surface area contributed by atoms with E-state index in [1.54, 1.807) is 6.42 Å². The van der Waals surface area contributed by atoms with Crippen LogP contribution in [0.2, 0.25) is 0 Å². The van der Waals surface area contributed by atoms with Crippen molar-refractivity contribution in [2.75, 3.05) is 0 Å². The zero-order valence-corrected chi connectivity index (χ0v) is 12.8. The molecule has 1 aromatic heterocycles. The molecule has 5 rings (SSSR count). The molecule has 7 atom stereocenters. The minimum atomic E-state index is 0.644. The number of imidazole rings is 1. The lowest BCUT2D eigenvalue weighted by atomic mass is 9.79. The Morgan fingerprint density at radius 1 is 0.905 bits per heavy atom. The van der Waals surface area contributed by atoms with Gasteiger partial charge in [-0.2, -0.15) is 0 Å². The summed E-state index contributed by atoms with van der Waals surface area (Å²) in [4.78, 5) is 4.25. The molecule has 4 aliphatic rings. The van der Waals surface area contributed by atoms with Gasteiger partial charge >= 0.3 is 0 Å². The lowest BCUT2D eigenvalue weighted by molar-refractivity contribution is 0.189. The zero-order chi connectivity index (χ0) is 13.8. The molecule has 2 bridgehead atoms. The summed E-state index contributed by atoms with van der Waals surface area (Å²) in [5.41, 5.74) is 0. The fraction of sp³-hybridized carbons (Fsp3) is 0.833. The van der Waals surface area contributed by atoms with Crippen LogP contribution in [-0.4, -0.2) is 21.6 Å². The highest BCUT2D eigenvalue weighted by molar-refractivity contribution is 5.07. The van der Waals surface area contributed by atoms with Gasteiger partial charge < -0.3 is 9.88 Å². The maximum Gasteiger partial charge on any atom is 0.0949 e. The van der Waals surface area contributed by atoms with Gasteiger partial charge in [0.15, 0.2) is 0 Å². The van der Waals surface area contributed by atoms with Gasteiger partial charge in [0.25, 0.3) is 0 Å². The number of fused-ring (bicyclic) bond motifs is 5. The van der Waals surface area contributed by atoms with Crippen LogP contribution >= 0.6 is 0 Å². The van der Waals surface area contributed by atoms with Crippen molar-refractivity contribution in [3.63, 3.8) is 0 Å². The van der Waals surface area contributed by atoms with E-state index in [0.29, 0.717) is 12.1 Å². The molecule has 4 saturated carbocycles. The van der Waals surface area contributed by atoms with E-state index in [-0.39, 0.29) is 0 Å². The molecule has 4 aliphatic carbocycles. The number of hydrogen-bond donors (Lipinski definition) is 1.